The van der Waals surface area contributed by atoms with Gasteiger partial charge in [0.05, 0.1) is 6.54 Å². The molecule has 6 nitrogen and oxygen atoms in total. The number of amides is 2. The molecule has 1 N–H and O–H groups in total. The van der Waals surface area contributed by atoms with Gasteiger partial charge in [0.25, 0.3) is 0 Å². The van der Waals surface area contributed by atoms with Crippen molar-refractivity contribution in [1.29, 1.82) is 0 Å². The van der Waals surface area contributed by atoms with Crippen LogP contribution in [0, 0.1) is 5.41 Å². The van der Waals surface area contributed by atoms with Crippen LogP contribution in [-0.4, -0.2) is 74.6 Å². The van der Waals surface area contributed by atoms with E-state index < -0.39 is 0 Å². The second-order valence-electron chi connectivity index (χ2n) is 6.75. The predicted molar refractivity (Wildman–Crippen MR) is 82.0 cm³/mol. The van der Waals surface area contributed by atoms with Gasteiger partial charge in [0, 0.05) is 39.8 Å². The van der Waals surface area contributed by atoms with Crippen molar-refractivity contribution < 1.29 is 14.3 Å². The molecule has 1 heterocycles. The van der Waals surface area contributed by atoms with E-state index in [0.29, 0.717) is 26.2 Å². The highest BCUT2D eigenvalue weighted by atomic mass is 16.5. The molecule has 0 atom stereocenters. The average molecular weight is 299 g/mol. The lowest BCUT2D eigenvalue weighted by Gasteiger charge is -2.34. The Bertz CT molecular complexity index is 345. The van der Waals surface area contributed by atoms with Gasteiger partial charge in [-0.2, -0.15) is 0 Å². The molecular formula is C15H29N3O3. The maximum Gasteiger partial charge on any atom is 0.248 e. The minimum absolute atomic E-state index is 0.0202. The van der Waals surface area contributed by atoms with Crippen LogP contribution < -0.4 is 5.32 Å². The number of ether oxygens (including phenoxy) is 1. The second-order valence-corrected chi connectivity index (χ2v) is 6.75. The Morgan fingerprint density at radius 1 is 1.14 bits per heavy atom. The quantitative estimate of drug-likeness (QED) is 0.768. The zero-order valence-corrected chi connectivity index (χ0v) is 13.8. The standard InChI is InChI=1S/C15H29N3O3/c1-15(2,3)5-6-16-13(19)11-17-7-9-18(10-8-17)14(20)12-21-4/h5-12H2,1-4H3,(H,16,19). The first-order valence-corrected chi connectivity index (χ1v) is 7.57. The van der Waals surface area contributed by atoms with E-state index in [1.54, 1.807) is 4.90 Å². The number of nitrogens with one attached hydrogen (secondary N) is 1. The number of carbonyl (C=O) groups excluding carboxylic acids is 2. The van der Waals surface area contributed by atoms with Gasteiger partial charge in [-0.15, -0.1) is 0 Å². The second kappa shape index (κ2) is 8.34. The summed E-state index contributed by atoms with van der Waals surface area (Å²) in [7, 11) is 1.52. The van der Waals surface area contributed by atoms with Gasteiger partial charge in [-0.1, -0.05) is 20.8 Å². The summed E-state index contributed by atoms with van der Waals surface area (Å²) in [6.07, 6.45) is 0.970. The molecule has 122 valence electrons. The summed E-state index contributed by atoms with van der Waals surface area (Å²) in [5, 5.41) is 2.96. The summed E-state index contributed by atoms with van der Waals surface area (Å²) in [6.45, 7) is 10.6. The van der Waals surface area contributed by atoms with E-state index in [0.717, 1.165) is 19.5 Å². The molecule has 0 spiro atoms. The van der Waals surface area contributed by atoms with Crippen LogP contribution in [0.5, 0.6) is 0 Å². The van der Waals surface area contributed by atoms with Gasteiger partial charge in [0.1, 0.15) is 6.61 Å². The molecule has 1 fully saturated rings. The molecule has 0 aromatic heterocycles. The van der Waals surface area contributed by atoms with Gasteiger partial charge < -0.3 is 15.0 Å². The predicted octanol–water partition coefficient (Wildman–Crippen LogP) is 0.329. The van der Waals surface area contributed by atoms with Gasteiger partial charge in [0.15, 0.2) is 0 Å². The van der Waals surface area contributed by atoms with Crippen LogP contribution in [0.4, 0.5) is 0 Å². The van der Waals surface area contributed by atoms with Gasteiger partial charge in [-0.3, -0.25) is 14.5 Å². The third-order valence-electron chi connectivity index (χ3n) is 3.56. The van der Waals surface area contributed by atoms with E-state index in [-0.39, 0.29) is 23.8 Å². The minimum atomic E-state index is 0.0202. The van der Waals surface area contributed by atoms with E-state index in [9.17, 15) is 9.59 Å². The van der Waals surface area contributed by atoms with Crippen molar-refractivity contribution in [3.8, 4) is 0 Å². The van der Waals surface area contributed by atoms with Crippen LogP contribution in [0.2, 0.25) is 0 Å². The highest BCUT2D eigenvalue weighted by Crippen LogP contribution is 2.16. The Balaban J connectivity index is 2.20. The maximum absolute atomic E-state index is 11.9. The van der Waals surface area contributed by atoms with E-state index >= 15 is 0 Å². The molecule has 0 saturated carbocycles. The van der Waals surface area contributed by atoms with Crippen molar-refractivity contribution in [1.82, 2.24) is 15.1 Å². The van der Waals surface area contributed by atoms with Gasteiger partial charge in [0.2, 0.25) is 11.8 Å². The van der Waals surface area contributed by atoms with Crippen molar-refractivity contribution in [3.63, 3.8) is 0 Å². The number of nitrogens with zero attached hydrogens (tertiary/aromatic N) is 2. The number of rotatable bonds is 6. The molecule has 1 rings (SSSR count). The third kappa shape index (κ3) is 7.43. The average Bonchev–Trinajstić information content (AvgIpc) is 2.38. The highest BCUT2D eigenvalue weighted by Gasteiger charge is 2.22. The molecule has 0 aromatic carbocycles. The monoisotopic (exact) mass is 299 g/mol. The van der Waals surface area contributed by atoms with E-state index in [1.807, 2.05) is 0 Å². The Hall–Kier alpha value is -1.14. The molecule has 1 aliphatic heterocycles. The lowest BCUT2D eigenvalue weighted by atomic mass is 9.92. The SMILES string of the molecule is COCC(=O)N1CCN(CC(=O)NCCC(C)(C)C)CC1. The van der Waals surface area contributed by atoms with Crippen LogP contribution >= 0.6 is 0 Å². The largest absolute Gasteiger partial charge is 0.375 e. The lowest BCUT2D eigenvalue weighted by Crippen LogP contribution is -2.51. The molecule has 0 aromatic rings. The van der Waals surface area contributed by atoms with Crippen molar-refractivity contribution >= 4 is 11.8 Å². The van der Waals surface area contributed by atoms with Crippen LogP contribution in [0.1, 0.15) is 27.2 Å². The maximum atomic E-state index is 11.9. The highest BCUT2D eigenvalue weighted by molar-refractivity contribution is 5.78. The Morgan fingerprint density at radius 2 is 1.76 bits per heavy atom. The molecule has 0 bridgehead atoms. The topological polar surface area (TPSA) is 61.9 Å². The van der Waals surface area contributed by atoms with E-state index in [1.165, 1.54) is 7.11 Å². The van der Waals surface area contributed by atoms with Gasteiger partial charge >= 0.3 is 0 Å². The molecule has 0 unspecified atom stereocenters. The van der Waals surface area contributed by atoms with Gasteiger partial charge in [-0.25, -0.2) is 0 Å². The molecular weight excluding hydrogens is 270 g/mol. The zero-order chi connectivity index (χ0) is 15.9. The Labute approximate surface area is 127 Å². The molecule has 1 saturated heterocycles. The summed E-state index contributed by atoms with van der Waals surface area (Å²) >= 11 is 0. The van der Waals surface area contributed by atoms with Crippen LogP contribution in [0.15, 0.2) is 0 Å². The summed E-state index contributed by atoms with van der Waals surface area (Å²) < 4.78 is 4.85. The third-order valence-corrected chi connectivity index (χ3v) is 3.56. The van der Waals surface area contributed by atoms with Crippen LogP contribution in [-0.2, 0) is 14.3 Å². The number of carbonyl (C=O) groups is 2. The fourth-order valence-electron chi connectivity index (χ4n) is 2.21. The number of piperazine rings is 1. The molecule has 6 heteroatoms. The summed E-state index contributed by atoms with van der Waals surface area (Å²) in [4.78, 5) is 27.4. The van der Waals surface area contributed by atoms with Crippen LogP contribution in [0.25, 0.3) is 0 Å². The first kappa shape index (κ1) is 17.9. The smallest absolute Gasteiger partial charge is 0.248 e. The fraction of sp³-hybridized carbons (Fsp3) is 0.867. The van der Waals surface area contributed by atoms with E-state index in [2.05, 4.69) is 31.0 Å². The van der Waals surface area contributed by atoms with Crippen molar-refractivity contribution in [2.75, 3.05) is 53.0 Å². The van der Waals surface area contributed by atoms with Crippen LogP contribution in [0.3, 0.4) is 0 Å². The molecule has 21 heavy (non-hydrogen) atoms. The van der Waals surface area contributed by atoms with Gasteiger partial charge in [-0.05, 0) is 11.8 Å². The first-order valence-electron chi connectivity index (χ1n) is 7.57. The first-order chi connectivity index (χ1) is 9.81. The van der Waals surface area contributed by atoms with Crippen molar-refractivity contribution in [2.45, 2.75) is 27.2 Å². The fourth-order valence-corrected chi connectivity index (χ4v) is 2.21. The number of methoxy groups -OCH3 is 1. The molecule has 2 amide bonds. The summed E-state index contributed by atoms with van der Waals surface area (Å²) in [5.41, 5.74) is 0.237. The van der Waals surface area contributed by atoms with E-state index in [4.69, 9.17) is 4.74 Å². The van der Waals surface area contributed by atoms with Crippen molar-refractivity contribution in [2.24, 2.45) is 5.41 Å². The Morgan fingerprint density at radius 3 is 2.29 bits per heavy atom. The number of hydrogen-bond donors (Lipinski definition) is 1. The number of hydrogen-bond acceptors (Lipinski definition) is 4. The zero-order valence-electron chi connectivity index (χ0n) is 13.8. The molecule has 0 aliphatic carbocycles. The molecule has 0 radical (unpaired) electrons. The normalized spacial score (nSPS) is 16.9. The minimum Gasteiger partial charge on any atom is -0.375 e. The van der Waals surface area contributed by atoms with Crippen molar-refractivity contribution in [3.05, 3.63) is 0 Å². The lowest BCUT2D eigenvalue weighted by molar-refractivity contribution is -0.137. The Kier molecular flexibility index (Phi) is 7.11. The molecule has 1 aliphatic rings. The summed E-state index contributed by atoms with van der Waals surface area (Å²) in [5.74, 6) is 0.0858. The summed E-state index contributed by atoms with van der Waals surface area (Å²) in [6, 6.07) is 0.